The number of carbonyl (C=O) groups is 1. The van der Waals surface area contributed by atoms with Crippen LogP contribution in [0.1, 0.15) is 41.4 Å². The molecule has 0 saturated carbocycles. The maximum absolute atomic E-state index is 12.5. The summed E-state index contributed by atoms with van der Waals surface area (Å²) in [4.78, 5) is 20.9. The van der Waals surface area contributed by atoms with E-state index in [1.54, 1.807) is 12.3 Å². The maximum Gasteiger partial charge on any atom is 0.274 e. The lowest BCUT2D eigenvalue weighted by Crippen LogP contribution is -2.15. The Morgan fingerprint density at radius 3 is 2.41 bits per heavy atom. The molecule has 0 fully saturated rings. The van der Waals surface area contributed by atoms with Crippen molar-refractivity contribution in [2.24, 2.45) is 0 Å². The Hall–Kier alpha value is -2.92. The van der Waals surface area contributed by atoms with Crippen LogP contribution in [-0.2, 0) is 6.54 Å². The molecule has 3 rings (SSSR count). The summed E-state index contributed by atoms with van der Waals surface area (Å²) >= 11 is 5.89. The summed E-state index contributed by atoms with van der Waals surface area (Å²) in [5.41, 5.74) is 3.31. The number of nitrogens with zero attached hydrogens (tertiary/aromatic N) is 2. The first-order chi connectivity index (χ1) is 13.0. The fourth-order valence-corrected chi connectivity index (χ4v) is 2.63. The summed E-state index contributed by atoms with van der Waals surface area (Å²) in [6.45, 7) is 4.80. The molecule has 0 atom stereocenters. The molecule has 27 heavy (non-hydrogen) atoms. The van der Waals surface area contributed by atoms with Gasteiger partial charge in [0.25, 0.3) is 5.91 Å². The highest BCUT2D eigenvalue weighted by molar-refractivity contribution is 6.30. The van der Waals surface area contributed by atoms with E-state index in [9.17, 15) is 4.79 Å². The first-order valence-corrected chi connectivity index (χ1v) is 9.12. The summed E-state index contributed by atoms with van der Waals surface area (Å²) in [6.07, 6.45) is 1.56. The highest BCUT2D eigenvalue weighted by atomic mass is 35.5. The lowest BCUT2D eigenvalue weighted by atomic mass is 10.0. The summed E-state index contributed by atoms with van der Waals surface area (Å²) < 4.78 is 0. The van der Waals surface area contributed by atoms with E-state index in [1.807, 2.05) is 48.5 Å². The second-order valence-electron chi connectivity index (χ2n) is 6.48. The number of benzene rings is 2. The van der Waals surface area contributed by atoms with Crippen molar-refractivity contribution in [3.63, 3.8) is 0 Å². The first kappa shape index (κ1) is 18.9. The van der Waals surface area contributed by atoms with Crippen LogP contribution in [0.25, 0.3) is 0 Å². The van der Waals surface area contributed by atoms with Gasteiger partial charge >= 0.3 is 0 Å². The van der Waals surface area contributed by atoms with E-state index < -0.39 is 0 Å². The topological polar surface area (TPSA) is 66.9 Å². The van der Waals surface area contributed by atoms with Crippen molar-refractivity contribution < 1.29 is 4.79 Å². The Labute approximate surface area is 163 Å². The number of anilines is 2. The number of nitrogens with one attached hydrogen (secondary N) is 2. The van der Waals surface area contributed by atoms with Gasteiger partial charge in [0.1, 0.15) is 5.69 Å². The summed E-state index contributed by atoms with van der Waals surface area (Å²) in [6, 6.07) is 16.9. The zero-order chi connectivity index (χ0) is 19.2. The van der Waals surface area contributed by atoms with Crippen molar-refractivity contribution in [3.05, 3.63) is 82.6 Å². The molecule has 138 valence electrons. The van der Waals surface area contributed by atoms with E-state index >= 15 is 0 Å². The van der Waals surface area contributed by atoms with E-state index in [-0.39, 0.29) is 5.91 Å². The van der Waals surface area contributed by atoms with Crippen LogP contribution in [0, 0.1) is 0 Å². The SMILES string of the molecule is CC(C)c1ccc(NC(=O)c2ccnc(NCc3ccc(Cl)cc3)n2)cc1. The lowest BCUT2D eigenvalue weighted by molar-refractivity contribution is 0.102. The molecule has 0 aliphatic rings. The molecular weight excluding hydrogens is 360 g/mol. The smallest absolute Gasteiger partial charge is 0.274 e. The summed E-state index contributed by atoms with van der Waals surface area (Å²) in [7, 11) is 0. The molecule has 0 spiro atoms. The minimum atomic E-state index is -0.274. The van der Waals surface area contributed by atoms with Gasteiger partial charge in [-0.3, -0.25) is 4.79 Å². The quantitative estimate of drug-likeness (QED) is 0.623. The molecule has 0 unspecified atom stereocenters. The van der Waals surface area contributed by atoms with Gasteiger partial charge in [-0.15, -0.1) is 0 Å². The first-order valence-electron chi connectivity index (χ1n) is 8.74. The average molecular weight is 381 g/mol. The van der Waals surface area contributed by atoms with Gasteiger partial charge in [0, 0.05) is 23.5 Å². The largest absolute Gasteiger partial charge is 0.350 e. The van der Waals surface area contributed by atoms with Gasteiger partial charge in [0.05, 0.1) is 0 Å². The van der Waals surface area contributed by atoms with Crippen molar-refractivity contribution in [3.8, 4) is 0 Å². The standard InChI is InChI=1S/C21H21ClN4O/c1-14(2)16-5-9-18(10-6-16)25-20(27)19-11-12-23-21(26-19)24-13-15-3-7-17(22)8-4-15/h3-12,14H,13H2,1-2H3,(H,25,27)(H,23,24,26). The van der Waals surface area contributed by atoms with E-state index in [0.717, 1.165) is 11.3 Å². The van der Waals surface area contributed by atoms with Crippen LogP contribution in [-0.4, -0.2) is 15.9 Å². The number of rotatable bonds is 6. The Morgan fingerprint density at radius 2 is 1.74 bits per heavy atom. The molecule has 5 nitrogen and oxygen atoms in total. The van der Waals surface area contributed by atoms with Gasteiger partial charge in [0.15, 0.2) is 0 Å². The maximum atomic E-state index is 12.5. The third kappa shape index (κ3) is 5.28. The molecule has 0 aliphatic heterocycles. The van der Waals surface area contributed by atoms with Crippen molar-refractivity contribution in [2.75, 3.05) is 10.6 Å². The third-order valence-electron chi connectivity index (χ3n) is 4.09. The van der Waals surface area contributed by atoms with Gasteiger partial charge in [-0.2, -0.15) is 0 Å². The van der Waals surface area contributed by atoms with Crippen LogP contribution in [0.3, 0.4) is 0 Å². The van der Waals surface area contributed by atoms with Gasteiger partial charge in [-0.05, 0) is 47.4 Å². The minimum absolute atomic E-state index is 0.274. The summed E-state index contributed by atoms with van der Waals surface area (Å²) in [5.74, 6) is 0.572. The molecule has 0 saturated heterocycles. The zero-order valence-electron chi connectivity index (χ0n) is 15.2. The Morgan fingerprint density at radius 1 is 1.04 bits per heavy atom. The number of hydrogen-bond acceptors (Lipinski definition) is 4. The molecule has 0 bridgehead atoms. The van der Waals surface area contributed by atoms with E-state index in [0.29, 0.717) is 29.1 Å². The van der Waals surface area contributed by atoms with Gasteiger partial charge in [-0.25, -0.2) is 9.97 Å². The Bertz CT molecular complexity index is 908. The van der Waals surface area contributed by atoms with Gasteiger partial charge in [-0.1, -0.05) is 49.7 Å². The molecule has 0 aliphatic carbocycles. The molecule has 2 N–H and O–H groups in total. The number of carbonyl (C=O) groups excluding carboxylic acids is 1. The van der Waals surface area contributed by atoms with Crippen LogP contribution in [0.15, 0.2) is 60.8 Å². The van der Waals surface area contributed by atoms with Crippen molar-refractivity contribution in [1.29, 1.82) is 0 Å². The van der Waals surface area contributed by atoms with Gasteiger partial charge in [0.2, 0.25) is 5.95 Å². The van der Waals surface area contributed by atoms with Crippen LogP contribution in [0.4, 0.5) is 11.6 Å². The molecule has 0 radical (unpaired) electrons. The molecule has 1 heterocycles. The summed E-state index contributed by atoms with van der Waals surface area (Å²) in [5, 5.41) is 6.66. The van der Waals surface area contributed by atoms with Crippen molar-refractivity contribution >= 4 is 29.1 Å². The second kappa shape index (κ2) is 8.64. The van der Waals surface area contributed by atoms with E-state index in [1.165, 1.54) is 5.56 Å². The van der Waals surface area contributed by atoms with Crippen LogP contribution in [0.2, 0.25) is 5.02 Å². The number of hydrogen-bond donors (Lipinski definition) is 2. The molecule has 6 heteroatoms. The van der Waals surface area contributed by atoms with Crippen molar-refractivity contribution in [1.82, 2.24) is 9.97 Å². The number of aromatic nitrogens is 2. The predicted molar refractivity (Wildman–Crippen MR) is 109 cm³/mol. The molecule has 1 aromatic heterocycles. The van der Waals surface area contributed by atoms with Crippen LogP contribution >= 0.6 is 11.6 Å². The van der Waals surface area contributed by atoms with Crippen LogP contribution in [0.5, 0.6) is 0 Å². The number of halogens is 1. The van der Waals surface area contributed by atoms with E-state index in [4.69, 9.17) is 11.6 Å². The number of amides is 1. The minimum Gasteiger partial charge on any atom is -0.350 e. The molecule has 2 aromatic carbocycles. The van der Waals surface area contributed by atoms with E-state index in [2.05, 4.69) is 34.4 Å². The molecule has 3 aromatic rings. The van der Waals surface area contributed by atoms with Gasteiger partial charge < -0.3 is 10.6 Å². The normalized spacial score (nSPS) is 10.7. The third-order valence-corrected chi connectivity index (χ3v) is 4.34. The lowest BCUT2D eigenvalue weighted by Gasteiger charge is -2.09. The fourth-order valence-electron chi connectivity index (χ4n) is 2.50. The van der Waals surface area contributed by atoms with Crippen molar-refractivity contribution in [2.45, 2.75) is 26.3 Å². The Kier molecular flexibility index (Phi) is 6.04. The predicted octanol–water partition coefficient (Wildman–Crippen LogP) is 5.12. The highest BCUT2D eigenvalue weighted by Crippen LogP contribution is 2.17. The second-order valence-corrected chi connectivity index (χ2v) is 6.91. The molecule has 1 amide bonds. The highest BCUT2D eigenvalue weighted by Gasteiger charge is 2.10. The average Bonchev–Trinajstić information content (AvgIpc) is 2.68. The van der Waals surface area contributed by atoms with Crippen LogP contribution < -0.4 is 10.6 Å². The molecular formula is C21H21ClN4O. The monoisotopic (exact) mass is 380 g/mol. The fraction of sp³-hybridized carbons (Fsp3) is 0.190. The Balaban J connectivity index is 1.63. The zero-order valence-corrected chi connectivity index (χ0v) is 16.0.